The third kappa shape index (κ3) is 3.94. The van der Waals surface area contributed by atoms with Crippen LogP contribution < -0.4 is 5.32 Å². The molecule has 1 aliphatic rings. The van der Waals surface area contributed by atoms with Gasteiger partial charge in [-0.2, -0.15) is 4.37 Å². The van der Waals surface area contributed by atoms with Crippen molar-refractivity contribution in [3.63, 3.8) is 0 Å². The highest BCUT2D eigenvalue weighted by Gasteiger charge is 2.20. The second-order valence-corrected chi connectivity index (χ2v) is 7.11. The number of aromatic nitrogens is 2. The van der Waals surface area contributed by atoms with Crippen LogP contribution in [0.15, 0.2) is 0 Å². The van der Waals surface area contributed by atoms with Gasteiger partial charge >= 0.3 is 0 Å². The molecule has 3 nitrogen and oxygen atoms in total. The summed E-state index contributed by atoms with van der Waals surface area (Å²) in [5.41, 5.74) is 0.0529. The molecule has 1 fully saturated rings. The van der Waals surface area contributed by atoms with Gasteiger partial charge in [-0.3, -0.25) is 0 Å². The molecule has 1 aromatic rings. The largest absolute Gasteiger partial charge is 0.358 e. The van der Waals surface area contributed by atoms with Crippen LogP contribution in [0.25, 0.3) is 0 Å². The van der Waals surface area contributed by atoms with Crippen molar-refractivity contribution in [3.8, 4) is 0 Å². The Morgan fingerprint density at radius 2 is 1.67 bits per heavy atom. The van der Waals surface area contributed by atoms with Gasteiger partial charge in [0.25, 0.3) is 0 Å². The molecule has 1 aliphatic carbocycles. The van der Waals surface area contributed by atoms with Gasteiger partial charge in [-0.05, 0) is 12.8 Å². The van der Waals surface area contributed by atoms with E-state index in [4.69, 9.17) is 0 Å². The van der Waals surface area contributed by atoms with Crippen molar-refractivity contribution >= 4 is 16.7 Å². The zero-order chi connectivity index (χ0) is 13.0. The molecule has 2 rings (SSSR count). The fraction of sp³-hybridized carbons (Fsp3) is 0.857. The monoisotopic (exact) mass is 267 g/mol. The van der Waals surface area contributed by atoms with Crippen LogP contribution in [0.4, 0.5) is 5.13 Å². The van der Waals surface area contributed by atoms with E-state index in [0.29, 0.717) is 6.04 Å². The van der Waals surface area contributed by atoms with Crippen LogP contribution in [-0.2, 0) is 5.41 Å². The maximum atomic E-state index is 4.63. The molecule has 0 aromatic carbocycles. The summed E-state index contributed by atoms with van der Waals surface area (Å²) in [6, 6.07) is 0.603. The van der Waals surface area contributed by atoms with Gasteiger partial charge in [0, 0.05) is 23.0 Å². The maximum Gasteiger partial charge on any atom is 0.202 e. The summed E-state index contributed by atoms with van der Waals surface area (Å²) in [6.45, 7) is 6.48. The van der Waals surface area contributed by atoms with E-state index < -0.39 is 0 Å². The normalized spacial score (nSPS) is 19.3. The van der Waals surface area contributed by atoms with Crippen LogP contribution in [0.2, 0.25) is 0 Å². The summed E-state index contributed by atoms with van der Waals surface area (Å²) in [5, 5.41) is 4.59. The van der Waals surface area contributed by atoms with E-state index in [1.165, 1.54) is 56.5 Å². The molecule has 1 heterocycles. The first kappa shape index (κ1) is 13.8. The molecule has 0 unspecified atom stereocenters. The Hall–Kier alpha value is -0.640. The van der Waals surface area contributed by atoms with Crippen molar-refractivity contribution in [3.05, 3.63) is 5.82 Å². The molecular weight excluding hydrogens is 242 g/mol. The second-order valence-electron chi connectivity index (χ2n) is 6.36. The molecule has 1 aromatic heterocycles. The number of hydrogen-bond acceptors (Lipinski definition) is 4. The molecule has 18 heavy (non-hydrogen) atoms. The van der Waals surface area contributed by atoms with Crippen LogP contribution >= 0.6 is 11.5 Å². The minimum atomic E-state index is 0.0529. The Morgan fingerprint density at radius 1 is 1.06 bits per heavy atom. The highest BCUT2D eigenvalue weighted by atomic mass is 32.1. The average Bonchev–Trinajstić information content (AvgIpc) is 2.69. The number of hydrogen-bond donors (Lipinski definition) is 1. The van der Waals surface area contributed by atoms with Crippen LogP contribution in [0, 0.1) is 0 Å². The quantitative estimate of drug-likeness (QED) is 0.865. The van der Waals surface area contributed by atoms with E-state index >= 15 is 0 Å². The Balaban J connectivity index is 1.93. The van der Waals surface area contributed by atoms with Crippen molar-refractivity contribution < 1.29 is 0 Å². The lowest BCUT2D eigenvalue weighted by Crippen LogP contribution is -2.20. The Kier molecular flexibility index (Phi) is 4.60. The lowest BCUT2D eigenvalue weighted by atomic mass is 9.96. The van der Waals surface area contributed by atoms with Crippen molar-refractivity contribution in [1.29, 1.82) is 0 Å². The fourth-order valence-corrected chi connectivity index (χ4v) is 3.20. The van der Waals surface area contributed by atoms with Gasteiger partial charge in [0.1, 0.15) is 5.82 Å². The Bertz CT molecular complexity index is 359. The summed E-state index contributed by atoms with van der Waals surface area (Å²) in [7, 11) is 0. The summed E-state index contributed by atoms with van der Waals surface area (Å²) >= 11 is 1.51. The van der Waals surface area contributed by atoms with Gasteiger partial charge in [-0.1, -0.05) is 52.9 Å². The molecule has 0 bridgehead atoms. The molecule has 1 saturated carbocycles. The number of nitrogens with one attached hydrogen (secondary N) is 1. The number of nitrogens with zero attached hydrogens (tertiary/aromatic N) is 2. The first-order valence-corrected chi connectivity index (χ1v) is 7.94. The second kappa shape index (κ2) is 6.00. The summed E-state index contributed by atoms with van der Waals surface area (Å²) < 4.78 is 4.46. The van der Waals surface area contributed by atoms with Crippen molar-refractivity contribution in [1.82, 2.24) is 9.36 Å². The summed E-state index contributed by atoms with van der Waals surface area (Å²) in [5.74, 6) is 0.959. The number of anilines is 1. The molecule has 0 amide bonds. The fourth-order valence-electron chi connectivity index (χ4n) is 2.36. The lowest BCUT2D eigenvalue weighted by Gasteiger charge is -2.20. The predicted molar refractivity (Wildman–Crippen MR) is 78.3 cm³/mol. The molecule has 102 valence electrons. The minimum absolute atomic E-state index is 0.0529. The maximum absolute atomic E-state index is 4.63. The van der Waals surface area contributed by atoms with E-state index in [-0.39, 0.29) is 5.41 Å². The van der Waals surface area contributed by atoms with Crippen LogP contribution in [0.1, 0.15) is 71.5 Å². The SMILES string of the molecule is CC(C)(C)c1nsc(NC2CCCCCCC2)n1. The highest BCUT2D eigenvalue weighted by molar-refractivity contribution is 7.09. The van der Waals surface area contributed by atoms with Crippen LogP contribution in [0.3, 0.4) is 0 Å². The summed E-state index contributed by atoms with van der Waals surface area (Å²) in [6.07, 6.45) is 9.46. The van der Waals surface area contributed by atoms with E-state index in [1.54, 1.807) is 0 Å². The molecule has 0 spiro atoms. The van der Waals surface area contributed by atoms with Crippen molar-refractivity contribution in [2.75, 3.05) is 5.32 Å². The first-order valence-electron chi connectivity index (χ1n) is 7.16. The van der Waals surface area contributed by atoms with E-state index in [2.05, 4.69) is 35.4 Å². The predicted octanol–water partition coefficient (Wildman–Crippen LogP) is 4.36. The molecule has 0 atom stereocenters. The van der Waals surface area contributed by atoms with Gasteiger partial charge in [0.15, 0.2) is 0 Å². The van der Waals surface area contributed by atoms with Gasteiger partial charge in [0.2, 0.25) is 5.13 Å². The number of rotatable bonds is 2. The van der Waals surface area contributed by atoms with E-state index in [0.717, 1.165) is 11.0 Å². The van der Waals surface area contributed by atoms with Gasteiger partial charge in [-0.25, -0.2) is 4.98 Å². The van der Waals surface area contributed by atoms with Gasteiger partial charge in [-0.15, -0.1) is 0 Å². The molecule has 1 N–H and O–H groups in total. The minimum Gasteiger partial charge on any atom is -0.358 e. The van der Waals surface area contributed by atoms with Crippen LogP contribution in [-0.4, -0.2) is 15.4 Å². The lowest BCUT2D eigenvalue weighted by molar-refractivity contribution is 0.471. The molecule has 0 aliphatic heterocycles. The molecule has 4 heteroatoms. The third-order valence-corrected chi connectivity index (χ3v) is 4.18. The highest BCUT2D eigenvalue weighted by Crippen LogP contribution is 2.25. The zero-order valence-electron chi connectivity index (χ0n) is 11.8. The molecule has 0 saturated heterocycles. The first-order chi connectivity index (χ1) is 8.55. The Labute approximate surface area is 115 Å². The zero-order valence-corrected chi connectivity index (χ0v) is 12.6. The summed E-state index contributed by atoms with van der Waals surface area (Å²) in [4.78, 5) is 4.63. The topological polar surface area (TPSA) is 37.8 Å². The van der Waals surface area contributed by atoms with Crippen molar-refractivity contribution in [2.45, 2.75) is 77.2 Å². The van der Waals surface area contributed by atoms with Gasteiger partial charge < -0.3 is 5.32 Å². The molecule has 0 radical (unpaired) electrons. The van der Waals surface area contributed by atoms with E-state index in [1.807, 2.05) is 0 Å². The van der Waals surface area contributed by atoms with Crippen LogP contribution in [0.5, 0.6) is 0 Å². The van der Waals surface area contributed by atoms with Crippen molar-refractivity contribution in [2.24, 2.45) is 0 Å². The standard InChI is InChI=1S/C14H25N3S/c1-14(2,3)12-16-13(18-17-12)15-11-9-7-5-4-6-8-10-11/h11H,4-10H2,1-3H3,(H,15,16,17). The van der Waals surface area contributed by atoms with Gasteiger partial charge in [0.05, 0.1) is 0 Å². The third-order valence-electron chi connectivity index (χ3n) is 3.53. The average molecular weight is 267 g/mol. The Morgan fingerprint density at radius 3 is 2.22 bits per heavy atom. The van der Waals surface area contributed by atoms with E-state index in [9.17, 15) is 0 Å². The molecular formula is C14H25N3S. The smallest absolute Gasteiger partial charge is 0.202 e.